The average molecular weight is 1040 g/mol. The van der Waals surface area contributed by atoms with Crippen molar-refractivity contribution < 1.29 is 76.1 Å². The molecule has 0 amide bonds. The summed E-state index contributed by atoms with van der Waals surface area (Å²) in [6.07, 6.45) is 0. The van der Waals surface area contributed by atoms with E-state index in [9.17, 15) is 28.8 Å². The molecule has 0 saturated heterocycles. The van der Waals surface area contributed by atoms with E-state index in [0.29, 0.717) is 68.9 Å². The molecule has 22 heteroatoms. The van der Waals surface area contributed by atoms with Crippen molar-refractivity contribution in [3.05, 3.63) is 92.3 Å². The van der Waals surface area contributed by atoms with Gasteiger partial charge in [-0.1, -0.05) is 13.2 Å². The number of fused-ring (bicyclic) bond motifs is 2. The van der Waals surface area contributed by atoms with Crippen LogP contribution in [0, 0.1) is 0 Å². The normalized spacial score (nSPS) is 12.4. The van der Waals surface area contributed by atoms with Gasteiger partial charge in [0.05, 0.1) is 19.5 Å². The Morgan fingerprint density at radius 1 is 0.397 bits per heavy atom. The largest absolute Gasteiger partial charge is 0.485 e. The van der Waals surface area contributed by atoms with Crippen molar-refractivity contribution in [2.75, 3.05) is 66.1 Å². The highest BCUT2D eigenvalue weighted by Crippen LogP contribution is 2.57. The first-order chi connectivity index (χ1) is 32.9. The zero-order valence-corrected chi connectivity index (χ0v) is 41.0. The molecule has 16 nitrogen and oxygen atoms in total. The number of esters is 6. The number of hydrogen-bond donors (Lipinski definition) is 0. The van der Waals surface area contributed by atoms with Crippen molar-refractivity contribution in [3.8, 4) is 62.0 Å². The molecule has 0 fully saturated rings. The molecule has 0 spiro atoms. The third-order valence-corrected chi connectivity index (χ3v) is 16.6. The standard InChI is InChI=1S/C46H38O16S6/c1-23(2)41(47)57-17-19-59-43(49)29-9-5-25(63-29)37-33-35(55-15-13-53-33)39(67-37)27-7-11-31(65-27)45(51)61-21-22-62-46(52)32-12-8-28(66-32)40-36-34(54-14-16-56-36)38(68-40)26-6-10-30(64-26)44(50)60-20-18-58-42(48)24(3)4/h5-12H,1,3,13-22H2,2,4H3. The number of thiophene rings is 6. The molecular formula is C46H38O16S6. The van der Waals surface area contributed by atoms with Crippen LogP contribution in [0.25, 0.3) is 39.0 Å². The first kappa shape index (κ1) is 48.2. The van der Waals surface area contributed by atoms with Crippen molar-refractivity contribution in [1.82, 2.24) is 0 Å². The van der Waals surface area contributed by atoms with Gasteiger partial charge in [0.1, 0.15) is 85.6 Å². The predicted octanol–water partition coefficient (Wildman–Crippen LogP) is 9.83. The fourth-order valence-electron chi connectivity index (χ4n) is 6.17. The third-order valence-electron chi connectivity index (χ3n) is 9.27. The first-order valence-corrected chi connectivity index (χ1v) is 25.4. The summed E-state index contributed by atoms with van der Waals surface area (Å²) in [6.45, 7) is 10.7. The van der Waals surface area contributed by atoms with E-state index in [0.717, 1.165) is 39.0 Å². The summed E-state index contributed by atoms with van der Waals surface area (Å²) in [5.74, 6) is -1.28. The summed E-state index contributed by atoms with van der Waals surface area (Å²) in [5, 5.41) is 0. The summed E-state index contributed by atoms with van der Waals surface area (Å²) in [4.78, 5) is 82.2. The third kappa shape index (κ3) is 11.0. The lowest BCUT2D eigenvalue weighted by molar-refractivity contribution is -0.140. The van der Waals surface area contributed by atoms with Crippen LogP contribution in [0.3, 0.4) is 0 Å². The van der Waals surface area contributed by atoms with Crippen molar-refractivity contribution in [3.63, 3.8) is 0 Å². The molecule has 0 radical (unpaired) electrons. The van der Waals surface area contributed by atoms with Crippen molar-refractivity contribution in [2.24, 2.45) is 0 Å². The lowest BCUT2D eigenvalue weighted by Crippen LogP contribution is -2.14. The second kappa shape index (κ2) is 21.8. The molecule has 2 aliphatic heterocycles. The maximum Gasteiger partial charge on any atom is 0.348 e. The van der Waals surface area contributed by atoms with Gasteiger partial charge < -0.3 is 47.4 Å². The van der Waals surface area contributed by atoms with Gasteiger partial charge in [-0.2, -0.15) is 0 Å². The molecule has 0 aromatic carbocycles. The van der Waals surface area contributed by atoms with Gasteiger partial charge in [-0.15, -0.1) is 68.0 Å². The van der Waals surface area contributed by atoms with E-state index in [2.05, 4.69) is 13.2 Å². The molecule has 2 aliphatic rings. The molecule has 0 aliphatic carbocycles. The summed E-state index contributed by atoms with van der Waals surface area (Å²) < 4.78 is 55.6. The van der Waals surface area contributed by atoms with Gasteiger partial charge in [-0.25, -0.2) is 28.8 Å². The zero-order valence-electron chi connectivity index (χ0n) is 36.1. The minimum atomic E-state index is -0.592. The van der Waals surface area contributed by atoms with Crippen LogP contribution in [0.15, 0.2) is 72.8 Å². The van der Waals surface area contributed by atoms with E-state index >= 15 is 0 Å². The average Bonchev–Trinajstić information content (AvgIpc) is 4.20. The molecule has 0 bridgehead atoms. The molecule has 8 heterocycles. The fourth-order valence-corrected chi connectivity index (χ4v) is 12.6. The predicted molar refractivity (Wildman–Crippen MR) is 257 cm³/mol. The van der Waals surface area contributed by atoms with Crippen molar-refractivity contribution in [1.29, 1.82) is 0 Å². The minimum Gasteiger partial charge on any atom is -0.485 e. The summed E-state index contributed by atoms with van der Waals surface area (Å²) in [7, 11) is 0. The van der Waals surface area contributed by atoms with Gasteiger partial charge in [-0.05, 0) is 62.4 Å². The van der Waals surface area contributed by atoms with Crippen molar-refractivity contribution >= 4 is 104 Å². The minimum absolute atomic E-state index is 0.0935. The van der Waals surface area contributed by atoms with Crippen LogP contribution >= 0.6 is 68.0 Å². The van der Waals surface area contributed by atoms with Gasteiger partial charge in [0.25, 0.3) is 0 Å². The Morgan fingerprint density at radius 3 is 0.868 bits per heavy atom. The molecule has 0 saturated carbocycles. The van der Waals surface area contributed by atoms with E-state index in [1.165, 1.54) is 81.9 Å². The molecule has 0 N–H and O–H groups in total. The lowest BCUT2D eigenvalue weighted by Gasteiger charge is -2.16. The second-order valence-electron chi connectivity index (χ2n) is 14.3. The maximum absolute atomic E-state index is 13.1. The molecule has 8 rings (SSSR count). The van der Waals surface area contributed by atoms with E-state index in [1.807, 2.05) is 0 Å². The molecule has 6 aromatic rings. The smallest absolute Gasteiger partial charge is 0.348 e. The number of ether oxygens (including phenoxy) is 10. The van der Waals surface area contributed by atoms with Gasteiger partial charge in [0.15, 0.2) is 23.0 Å². The molecule has 6 aromatic heterocycles. The van der Waals surface area contributed by atoms with Crippen LogP contribution in [-0.2, 0) is 38.0 Å². The van der Waals surface area contributed by atoms with E-state index in [4.69, 9.17) is 47.4 Å². The fraction of sp³-hybridized carbons (Fsp3) is 0.261. The number of rotatable bonds is 19. The van der Waals surface area contributed by atoms with Gasteiger partial charge in [0.2, 0.25) is 0 Å². The van der Waals surface area contributed by atoms with Crippen molar-refractivity contribution in [2.45, 2.75) is 13.8 Å². The Kier molecular flexibility index (Phi) is 15.4. The SMILES string of the molecule is C=C(C)C(=O)OCCOC(=O)c1ccc(-c2sc(-c3ccc(C(=O)OCCOC(=O)c4ccc(-c5sc(-c6ccc(C(=O)OCCOC(=O)C(=C)C)s6)c6c5OCCO6)s4)s3)c3c2OCCO3)s1. The molecule has 354 valence electrons. The topological polar surface area (TPSA) is 195 Å². The highest BCUT2D eigenvalue weighted by molar-refractivity contribution is 7.28. The van der Waals surface area contributed by atoms with E-state index in [-0.39, 0.29) is 50.8 Å². The Morgan fingerprint density at radius 2 is 0.632 bits per heavy atom. The monoisotopic (exact) mass is 1040 g/mol. The molecule has 0 atom stereocenters. The van der Waals surface area contributed by atoms with Crippen LogP contribution < -0.4 is 18.9 Å². The van der Waals surface area contributed by atoms with Crippen LogP contribution in [-0.4, -0.2) is 102 Å². The lowest BCUT2D eigenvalue weighted by atomic mass is 10.2. The number of carbonyl (C=O) groups is 6. The number of hydrogen-bond acceptors (Lipinski definition) is 22. The van der Waals surface area contributed by atoms with Crippen LogP contribution in [0.4, 0.5) is 0 Å². The Labute approximate surface area is 411 Å². The summed E-state index contributed by atoms with van der Waals surface area (Å²) in [5.41, 5.74) is 0.498. The summed E-state index contributed by atoms with van der Waals surface area (Å²) in [6, 6.07) is 13.7. The highest BCUT2D eigenvalue weighted by atomic mass is 32.1. The molecular weight excluding hydrogens is 1000 g/mol. The first-order valence-electron chi connectivity index (χ1n) is 20.5. The molecule has 68 heavy (non-hydrogen) atoms. The van der Waals surface area contributed by atoms with Gasteiger partial charge in [0, 0.05) is 30.7 Å². The second-order valence-corrected chi connectivity index (χ2v) is 20.6. The molecule has 0 unspecified atom stereocenters. The van der Waals surface area contributed by atoms with Crippen LogP contribution in [0.1, 0.15) is 52.5 Å². The highest BCUT2D eigenvalue weighted by Gasteiger charge is 2.31. The van der Waals surface area contributed by atoms with Gasteiger partial charge >= 0.3 is 35.8 Å². The van der Waals surface area contributed by atoms with Crippen LogP contribution in [0.5, 0.6) is 23.0 Å². The maximum atomic E-state index is 13.1. The summed E-state index contributed by atoms with van der Waals surface area (Å²) >= 11 is 7.65. The number of carbonyl (C=O) groups excluding carboxylic acids is 6. The van der Waals surface area contributed by atoms with Gasteiger partial charge in [-0.3, -0.25) is 0 Å². The Hall–Kier alpha value is -6.30. The van der Waals surface area contributed by atoms with E-state index < -0.39 is 35.8 Å². The van der Waals surface area contributed by atoms with Crippen LogP contribution in [0.2, 0.25) is 0 Å². The van der Waals surface area contributed by atoms with E-state index in [1.54, 1.807) is 48.5 Å². The zero-order chi connectivity index (χ0) is 47.9. The quantitative estimate of drug-likeness (QED) is 0.0321. The Balaban J connectivity index is 0.845. The Bertz CT molecular complexity index is 2720.